The van der Waals surface area contributed by atoms with E-state index in [1.165, 1.54) is 28.1 Å². The van der Waals surface area contributed by atoms with E-state index >= 15 is 0 Å². The fourth-order valence-corrected chi connectivity index (χ4v) is 1.66. The molecule has 0 atom stereocenters. The SMILES string of the molecule is COc1cc(C)c(NC(=O)C(C)=C(C)C(=O)O)cc1OC. The second kappa shape index (κ2) is 6.78. The number of carboxylic acid groups (broad SMARTS) is 1. The van der Waals surface area contributed by atoms with Crippen LogP contribution in [0.15, 0.2) is 23.3 Å². The minimum atomic E-state index is -1.12. The van der Waals surface area contributed by atoms with Crippen LogP contribution in [0.5, 0.6) is 11.5 Å². The zero-order valence-corrected chi connectivity index (χ0v) is 12.7. The zero-order chi connectivity index (χ0) is 16.2. The second-order valence-corrected chi connectivity index (χ2v) is 4.53. The molecule has 1 rings (SSSR count). The van der Waals surface area contributed by atoms with Gasteiger partial charge in [0.25, 0.3) is 5.91 Å². The average Bonchev–Trinajstić information content (AvgIpc) is 2.46. The number of benzene rings is 1. The molecule has 6 heteroatoms. The monoisotopic (exact) mass is 293 g/mol. The number of amides is 1. The summed E-state index contributed by atoms with van der Waals surface area (Å²) in [5.74, 6) is -0.547. The molecule has 0 radical (unpaired) electrons. The maximum absolute atomic E-state index is 12.1. The summed E-state index contributed by atoms with van der Waals surface area (Å²) in [5.41, 5.74) is 1.47. The summed E-state index contributed by atoms with van der Waals surface area (Å²) in [6, 6.07) is 3.37. The first kappa shape index (κ1) is 16.6. The molecule has 21 heavy (non-hydrogen) atoms. The number of ether oxygens (including phenoxy) is 2. The standard InChI is InChI=1S/C15H19NO5/c1-8-6-12(20-4)13(21-5)7-11(8)16-14(17)9(2)10(3)15(18)19/h6-7H,1-5H3,(H,16,17)(H,18,19). The highest BCUT2D eigenvalue weighted by Gasteiger charge is 2.15. The third-order valence-electron chi connectivity index (χ3n) is 3.20. The summed E-state index contributed by atoms with van der Waals surface area (Å²) in [4.78, 5) is 22.9. The molecular weight excluding hydrogens is 274 g/mol. The minimum absolute atomic E-state index is 0.00521. The van der Waals surface area contributed by atoms with E-state index in [4.69, 9.17) is 14.6 Å². The van der Waals surface area contributed by atoms with Crippen LogP contribution in [0, 0.1) is 6.92 Å². The maximum Gasteiger partial charge on any atom is 0.331 e. The van der Waals surface area contributed by atoms with Crippen molar-refractivity contribution in [3.63, 3.8) is 0 Å². The maximum atomic E-state index is 12.1. The molecule has 0 aliphatic carbocycles. The molecule has 0 spiro atoms. The highest BCUT2D eigenvalue weighted by Crippen LogP contribution is 2.33. The predicted octanol–water partition coefficient (Wildman–Crippen LogP) is 2.37. The van der Waals surface area contributed by atoms with Gasteiger partial charge >= 0.3 is 5.97 Å². The average molecular weight is 293 g/mol. The molecule has 1 aromatic rings. The van der Waals surface area contributed by atoms with E-state index in [9.17, 15) is 9.59 Å². The minimum Gasteiger partial charge on any atom is -0.493 e. The van der Waals surface area contributed by atoms with Gasteiger partial charge in [0.05, 0.1) is 14.2 Å². The molecule has 0 aliphatic rings. The molecule has 114 valence electrons. The first-order valence-corrected chi connectivity index (χ1v) is 6.26. The Kier molecular flexibility index (Phi) is 5.35. The lowest BCUT2D eigenvalue weighted by atomic mass is 10.1. The largest absolute Gasteiger partial charge is 0.493 e. The summed E-state index contributed by atoms with van der Waals surface area (Å²) < 4.78 is 10.3. The Hall–Kier alpha value is -2.50. The number of carboxylic acids is 1. The first-order chi connectivity index (χ1) is 9.81. The van der Waals surface area contributed by atoms with E-state index in [1.54, 1.807) is 19.1 Å². The Morgan fingerprint density at radius 1 is 1.05 bits per heavy atom. The molecule has 0 saturated heterocycles. The number of carbonyl (C=O) groups excluding carboxylic acids is 1. The van der Waals surface area contributed by atoms with Gasteiger partial charge in [-0.3, -0.25) is 4.79 Å². The van der Waals surface area contributed by atoms with Crippen molar-refractivity contribution in [3.8, 4) is 11.5 Å². The highest BCUT2D eigenvalue weighted by atomic mass is 16.5. The van der Waals surface area contributed by atoms with Crippen LogP contribution >= 0.6 is 0 Å². The second-order valence-electron chi connectivity index (χ2n) is 4.53. The Morgan fingerprint density at radius 3 is 2.05 bits per heavy atom. The molecule has 1 amide bonds. The van der Waals surface area contributed by atoms with Gasteiger partial charge < -0.3 is 19.9 Å². The van der Waals surface area contributed by atoms with Crippen LogP contribution in [0.3, 0.4) is 0 Å². The lowest BCUT2D eigenvalue weighted by molar-refractivity contribution is -0.133. The van der Waals surface area contributed by atoms with Crippen molar-refractivity contribution >= 4 is 17.6 Å². The van der Waals surface area contributed by atoms with Crippen molar-refractivity contribution in [1.82, 2.24) is 0 Å². The number of rotatable bonds is 5. The van der Waals surface area contributed by atoms with E-state index in [2.05, 4.69) is 5.32 Å². The summed E-state index contributed by atoms with van der Waals surface area (Å²) in [5, 5.41) is 11.6. The summed E-state index contributed by atoms with van der Waals surface area (Å²) >= 11 is 0. The van der Waals surface area contributed by atoms with Gasteiger partial charge in [0.2, 0.25) is 0 Å². The third-order valence-corrected chi connectivity index (χ3v) is 3.20. The number of nitrogens with one attached hydrogen (secondary N) is 1. The molecule has 1 aromatic carbocycles. The molecule has 0 fully saturated rings. The van der Waals surface area contributed by atoms with Gasteiger partial charge in [0.15, 0.2) is 11.5 Å². The zero-order valence-electron chi connectivity index (χ0n) is 12.7. The predicted molar refractivity (Wildman–Crippen MR) is 78.9 cm³/mol. The number of hydrogen-bond acceptors (Lipinski definition) is 4. The Labute approximate surface area is 123 Å². The van der Waals surface area contributed by atoms with Crippen molar-refractivity contribution in [2.45, 2.75) is 20.8 Å². The van der Waals surface area contributed by atoms with Crippen molar-refractivity contribution in [3.05, 3.63) is 28.8 Å². The van der Waals surface area contributed by atoms with Crippen LogP contribution in [-0.4, -0.2) is 31.2 Å². The molecule has 0 bridgehead atoms. The van der Waals surface area contributed by atoms with Gasteiger partial charge in [0.1, 0.15) is 0 Å². The lowest BCUT2D eigenvalue weighted by Crippen LogP contribution is -2.17. The Bertz CT molecular complexity index is 604. The van der Waals surface area contributed by atoms with E-state index in [1.807, 2.05) is 0 Å². The lowest BCUT2D eigenvalue weighted by Gasteiger charge is -2.14. The van der Waals surface area contributed by atoms with Crippen molar-refractivity contribution in [2.75, 3.05) is 19.5 Å². The van der Waals surface area contributed by atoms with Crippen LogP contribution in [0.2, 0.25) is 0 Å². The fraction of sp³-hybridized carbons (Fsp3) is 0.333. The van der Waals surface area contributed by atoms with Crippen LogP contribution in [0.25, 0.3) is 0 Å². The van der Waals surface area contributed by atoms with E-state index in [0.29, 0.717) is 17.2 Å². The topological polar surface area (TPSA) is 84.9 Å². The molecule has 0 unspecified atom stereocenters. The number of hydrogen-bond donors (Lipinski definition) is 2. The normalized spacial score (nSPS) is 11.5. The van der Waals surface area contributed by atoms with Gasteiger partial charge in [-0.05, 0) is 32.4 Å². The summed E-state index contributed by atoms with van der Waals surface area (Å²) in [6.45, 7) is 4.66. The van der Waals surface area contributed by atoms with Crippen molar-refractivity contribution in [2.24, 2.45) is 0 Å². The van der Waals surface area contributed by atoms with Crippen molar-refractivity contribution in [1.29, 1.82) is 0 Å². The number of aliphatic carboxylic acids is 1. The third kappa shape index (κ3) is 3.75. The molecule has 0 saturated carbocycles. The smallest absolute Gasteiger partial charge is 0.331 e. The fourth-order valence-electron chi connectivity index (χ4n) is 1.66. The van der Waals surface area contributed by atoms with Gasteiger partial charge in [-0.15, -0.1) is 0 Å². The summed E-state index contributed by atoms with van der Waals surface area (Å²) in [6.07, 6.45) is 0. The van der Waals surface area contributed by atoms with E-state index < -0.39 is 11.9 Å². The van der Waals surface area contributed by atoms with Crippen LogP contribution < -0.4 is 14.8 Å². The Morgan fingerprint density at radius 2 is 1.57 bits per heavy atom. The van der Waals surface area contributed by atoms with E-state index in [0.717, 1.165) is 5.56 Å². The van der Waals surface area contributed by atoms with Gasteiger partial charge in [-0.25, -0.2) is 4.79 Å². The molecular formula is C15H19NO5. The molecule has 2 N–H and O–H groups in total. The van der Waals surface area contributed by atoms with Crippen LogP contribution in [0.1, 0.15) is 19.4 Å². The van der Waals surface area contributed by atoms with Gasteiger partial charge in [-0.2, -0.15) is 0 Å². The molecule has 0 heterocycles. The summed E-state index contributed by atoms with van der Waals surface area (Å²) in [7, 11) is 3.02. The van der Waals surface area contributed by atoms with Crippen LogP contribution in [0.4, 0.5) is 5.69 Å². The molecule has 6 nitrogen and oxygen atoms in total. The number of methoxy groups -OCH3 is 2. The van der Waals surface area contributed by atoms with Crippen molar-refractivity contribution < 1.29 is 24.2 Å². The number of carbonyl (C=O) groups is 2. The van der Waals surface area contributed by atoms with Gasteiger partial charge in [0, 0.05) is 22.9 Å². The highest BCUT2D eigenvalue weighted by molar-refractivity contribution is 6.08. The Balaban J connectivity index is 3.11. The number of aryl methyl sites for hydroxylation is 1. The van der Waals surface area contributed by atoms with Crippen LogP contribution in [-0.2, 0) is 9.59 Å². The quantitative estimate of drug-likeness (QED) is 0.814. The van der Waals surface area contributed by atoms with Gasteiger partial charge in [-0.1, -0.05) is 0 Å². The number of anilines is 1. The first-order valence-electron chi connectivity index (χ1n) is 6.26. The molecule has 0 aromatic heterocycles. The van der Waals surface area contributed by atoms with E-state index in [-0.39, 0.29) is 11.1 Å². The molecule has 0 aliphatic heterocycles.